The summed E-state index contributed by atoms with van der Waals surface area (Å²) in [6, 6.07) is 7.05. The molecule has 1 fully saturated rings. The number of carbonyl (C=O) groups excluding carboxylic acids is 2. The first-order chi connectivity index (χ1) is 8.22. The lowest BCUT2D eigenvalue weighted by molar-refractivity contribution is -0.115. The maximum atomic E-state index is 11.5. The van der Waals surface area contributed by atoms with Crippen molar-refractivity contribution in [2.75, 3.05) is 18.0 Å². The van der Waals surface area contributed by atoms with Crippen molar-refractivity contribution in [3.8, 4) is 0 Å². The van der Waals surface area contributed by atoms with Gasteiger partial charge in [0.25, 0.3) is 5.91 Å². The summed E-state index contributed by atoms with van der Waals surface area (Å²) < 4.78 is 0. The summed E-state index contributed by atoms with van der Waals surface area (Å²) in [5, 5.41) is 5.70. The lowest BCUT2D eigenvalue weighted by Gasteiger charge is -2.12. The fourth-order valence-corrected chi connectivity index (χ4v) is 1.72. The molecule has 0 saturated carbocycles. The highest BCUT2D eigenvalue weighted by Gasteiger charge is 2.29. The Morgan fingerprint density at radius 1 is 1.29 bits per heavy atom. The van der Waals surface area contributed by atoms with Gasteiger partial charge in [0, 0.05) is 6.54 Å². The van der Waals surface area contributed by atoms with Crippen LogP contribution < -0.4 is 15.5 Å². The Labute approximate surface area is 99.8 Å². The van der Waals surface area contributed by atoms with Crippen LogP contribution in [0.2, 0.25) is 0 Å². The Balaban J connectivity index is 2.12. The van der Waals surface area contributed by atoms with Gasteiger partial charge in [-0.2, -0.15) is 0 Å². The van der Waals surface area contributed by atoms with Crippen LogP contribution in [-0.4, -0.2) is 25.0 Å². The second-order valence-corrected chi connectivity index (χ2v) is 3.83. The maximum absolute atomic E-state index is 11.5. The first-order valence-electron chi connectivity index (χ1n) is 5.63. The van der Waals surface area contributed by atoms with Crippen LogP contribution in [0.5, 0.6) is 0 Å². The van der Waals surface area contributed by atoms with Crippen LogP contribution in [0.4, 0.5) is 10.5 Å². The predicted octanol–water partition coefficient (Wildman–Crippen LogP) is 0.852. The molecule has 17 heavy (non-hydrogen) atoms. The number of benzene rings is 1. The third-order valence-corrected chi connectivity index (χ3v) is 2.62. The van der Waals surface area contributed by atoms with E-state index in [1.54, 1.807) is 12.1 Å². The standard InChI is InChI=1S/C12H15N3O2/c1-2-13-7-9-3-5-10(6-4-9)15-11(16)8-14-12(15)17/h3-6,13H,2,7-8H2,1H3,(H,14,17). The second kappa shape index (κ2) is 4.97. The Hall–Kier alpha value is -1.88. The van der Waals surface area contributed by atoms with Crippen molar-refractivity contribution in [2.24, 2.45) is 0 Å². The highest BCUT2D eigenvalue weighted by Crippen LogP contribution is 2.17. The number of nitrogens with zero attached hydrogens (tertiary/aromatic N) is 1. The summed E-state index contributed by atoms with van der Waals surface area (Å²) >= 11 is 0. The molecule has 0 aromatic heterocycles. The van der Waals surface area contributed by atoms with E-state index in [9.17, 15) is 9.59 Å². The average molecular weight is 233 g/mol. The van der Waals surface area contributed by atoms with Crippen molar-refractivity contribution in [1.29, 1.82) is 0 Å². The number of rotatable bonds is 4. The van der Waals surface area contributed by atoms with Crippen molar-refractivity contribution in [2.45, 2.75) is 13.5 Å². The lowest BCUT2D eigenvalue weighted by atomic mass is 10.2. The zero-order chi connectivity index (χ0) is 12.3. The van der Waals surface area contributed by atoms with Gasteiger partial charge in [-0.15, -0.1) is 0 Å². The van der Waals surface area contributed by atoms with Crippen molar-refractivity contribution in [3.05, 3.63) is 29.8 Å². The predicted molar refractivity (Wildman–Crippen MR) is 64.7 cm³/mol. The van der Waals surface area contributed by atoms with Crippen molar-refractivity contribution >= 4 is 17.6 Å². The molecule has 5 nitrogen and oxygen atoms in total. The quantitative estimate of drug-likeness (QED) is 0.758. The Bertz CT molecular complexity index is 412. The highest BCUT2D eigenvalue weighted by molar-refractivity contribution is 6.19. The number of urea groups is 1. The van der Waals surface area contributed by atoms with E-state index in [0.29, 0.717) is 5.69 Å². The van der Waals surface area contributed by atoms with Gasteiger partial charge in [0.1, 0.15) is 0 Å². The van der Waals surface area contributed by atoms with Gasteiger partial charge in [-0.1, -0.05) is 19.1 Å². The molecule has 2 rings (SSSR count). The van der Waals surface area contributed by atoms with Crippen LogP contribution >= 0.6 is 0 Å². The van der Waals surface area contributed by atoms with Gasteiger partial charge in [0.2, 0.25) is 0 Å². The molecule has 1 aliphatic heterocycles. The molecule has 1 aromatic carbocycles. The fourth-order valence-electron chi connectivity index (χ4n) is 1.72. The molecule has 1 aliphatic rings. The topological polar surface area (TPSA) is 61.4 Å². The number of imide groups is 1. The normalized spacial score (nSPS) is 15.2. The number of hydrogen-bond acceptors (Lipinski definition) is 3. The van der Waals surface area contributed by atoms with E-state index in [1.165, 1.54) is 0 Å². The molecule has 0 bridgehead atoms. The van der Waals surface area contributed by atoms with E-state index < -0.39 is 0 Å². The Kier molecular flexibility index (Phi) is 3.39. The Morgan fingerprint density at radius 2 is 2.00 bits per heavy atom. The zero-order valence-corrected chi connectivity index (χ0v) is 9.69. The summed E-state index contributed by atoms with van der Waals surface area (Å²) in [4.78, 5) is 24.1. The van der Waals surface area contributed by atoms with Crippen LogP contribution in [0.1, 0.15) is 12.5 Å². The first-order valence-corrected chi connectivity index (χ1v) is 5.63. The lowest BCUT2D eigenvalue weighted by Crippen LogP contribution is -2.30. The van der Waals surface area contributed by atoms with Gasteiger partial charge in [-0.25, -0.2) is 9.69 Å². The minimum atomic E-state index is -0.352. The van der Waals surface area contributed by atoms with Crippen molar-refractivity contribution in [1.82, 2.24) is 10.6 Å². The third kappa shape index (κ3) is 2.45. The first kappa shape index (κ1) is 11.6. The summed E-state index contributed by atoms with van der Waals surface area (Å²) in [7, 11) is 0. The van der Waals surface area contributed by atoms with Gasteiger partial charge in [0.15, 0.2) is 0 Å². The molecule has 3 amide bonds. The molecule has 0 unspecified atom stereocenters. The van der Waals surface area contributed by atoms with E-state index in [-0.39, 0.29) is 18.5 Å². The molecule has 0 spiro atoms. The number of anilines is 1. The van der Waals surface area contributed by atoms with Gasteiger partial charge < -0.3 is 10.6 Å². The molecule has 1 aromatic rings. The summed E-state index contributed by atoms with van der Waals surface area (Å²) in [6.45, 7) is 3.82. The van der Waals surface area contributed by atoms with E-state index in [1.807, 2.05) is 19.1 Å². The molecular formula is C12H15N3O2. The molecule has 0 radical (unpaired) electrons. The average Bonchev–Trinajstić information content (AvgIpc) is 2.67. The molecule has 1 heterocycles. The minimum absolute atomic E-state index is 0.0813. The molecule has 2 N–H and O–H groups in total. The van der Waals surface area contributed by atoms with Gasteiger partial charge >= 0.3 is 6.03 Å². The molecule has 90 valence electrons. The smallest absolute Gasteiger partial charge is 0.328 e. The zero-order valence-electron chi connectivity index (χ0n) is 9.69. The molecule has 0 atom stereocenters. The van der Waals surface area contributed by atoms with Crippen LogP contribution in [0.25, 0.3) is 0 Å². The van der Waals surface area contributed by atoms with E-state index >= 15 is 0 Å². The van der Waals surface area contributed by atoms with Crippen molar-refractivity contribution < 1.29 is 9.59 Å². The van der Waals surface area contributed by atoms with E-state index in [0.717, 1.165) is 23.6 Å². The van der Waals surface area contributed by atoms with Gasteiger partial charge in [0.05, 0.1) is 12.2 Å². The number of amides is 3. The molecule has 5 heteroatoms. The Morgan fingerprint density at radius 3 is 2.53 bits per heavy atom. The van der Waals surface area contributed by atoms with Gasteiger partial charge in [-0.05, 0) is 24.2 Å². The minimum Gasteiger partial charge on any atom is -0.328 e. The van der Waals surface area contributed by atoms with E-state index in [4.69, 9.17) is 0 Å². The summed E-state index contributed by atoms with van der Waals surface area (Å²) in [6.07, 6.45) is 0. The van der Waals surface area contributed by atoms with E-state index in [2.05, 4.69) is 10.6 Å². The monoisotopic (exact) mass is 233 g/mol. The molecular weight excluding hydrogens is 218 g/mol. The number of carbonyl (C=O) groups is 2. The largest absolute Gasteiger partial charge is 0.329 e. The number of nitrogens with one attached hydrogen (secondary N) is 2. The van der Waals surface area contributed by atoms with Crippen LogP contribution in [0.3, 0.4) is 0 Å². The van der Waals surface area contributed by atoms with Crippen LogP contribution in [-0.2, 0) is 11.3 Å². The molecule has 1 saturated heterocycles. The highest BCUT2D eigenvalue weighted by atomic mass is 16.2. The number of hydrogen-bond donors (Lipinski definition) is 2. The summed E-state index contributed by atoms with van der Waals surface area (Å²) in [5.74, 6) is -0.213. The van der Waals surface area contributed by atoms with Crippen molar-refractivity contribution in [3.63, 3.8) is 0 Å². The SMILES string of the molecule is CCNCc1ccc(N2C(=O)CNC2=O)cc1. The second-order valence-electron chi connectivity index (χ2n) is 3.83. The maximum Gasteiger partial charge on any atom is 0.329 e. The third-order valence-electron chi connectivity index (χ3n) is 2.62. The summed E-state index contributed by atoms with van der Waals surface area (Å²) in [5.41, 5.74) is 1.74. The van der Waals surface area contributed by atoms with Crippen LogP contribution in [0.15, 0.2) is 24.3 Å². The molecule has 0 aliphatic carbocycles. The van der Waals surface area contributed by atoms with Crippen LogP contribution in [0, 0.1) is 0 Å². The fraction of sp³-hybridized carbons (Fsp3) is 0.333. The van der Waals surface area contributed by atoms with Gasteiger partial charge in [-0.3, -0.25) is 4.79 Å².